The number of aromatic nitrogens is 1. The molecule has 1 heterocycles. The van der Waals surface area contributed by atoms with E-state index in [2.05, 4.69) is 10.3 Å². The maximum atomic E-state index is 13.7. The summed E-state index contributed by atoms with van der Waals surface area (Å²) in [5, 5.41) is 13.4. The Morgan fingerprint density at radius 3 is 2.81 bits per heavy atom. The lowest BCUT2D eigenvalue weighted by atomic mass is 10.2. The third-order valence-electron chi connectivity index (χ3n) is 2.67. The Hall–Kier alpha value is -2.77. The molecule has 0 fully saturated rings. The van der Waals surface area contributed by atoms with Crippen LogP contribution in [0.4, 0.5) is 20.2 Å². The standard InChI is InChI=1S/C13H11F2N3O3/c1-21-12-4-2-3-9(17-12)7-16-13-10(15)5-8(14)6-11(13)18(19)20/h2-6,16H,7H2,1H3. The molecule has 1 aromatic heterocycles. The second-order valence-corrected chi connectivity index (χ2v) is 4.06. The Labute approximate surface area is 118 Å². The lowest BCUT2D eigenvalue weighted by Crippen LogP contribution is -2.07. The van der Waals surface area contributed by atoms with E-state index in [4.69, 9.17) is 4.74 Å². The number of ether oxygens (including phenoxy) is 1. The third kappa shape index (κ3) is 3.41. The summed E-state index contributed by atoms with van der Waals surface area (Å²) in [5.74, 6) is -1.68. The van der Waals surface area contributed by atoms with Gasteiger partial charge in [-0.1, -0.05) is 6.07 Å². The van der Waals surface area contributed by atoms with Crippen molar-refractivity contribution in [3.8, 4) is 5.88 Å². The summed E-state index contributed by atoms with van der Waals surface area (Å²) < 4.78 is 31.6. The molecular formula is C13H11F2N3O3. The fourth-order valence-corrected chi connectivity index (χ4v) is 1.73. The molecule has 0 atom stereocenters. The summed E-state index contributed by atoms with van der Waals surface area (Å²) in [6.07, 6.45) is 0. The van der Waals surface area contributed by atoms with E-state index in [1.807, 2.05) is 0 Å². The molecule has 0 aliphatic carbocycles. The van der Waals surface area contributed by atoms with Crippen molar-refractivity contribution in [3.05, 3.63) is 57.8 Å². The first-order chi connectivity index (χ1) is 10.0. The van der Waals surface area contributed by atoms with Crippen LogP contribution in [-0.2, 0) is 6.54 Å². The quantitative estimate of drug-likeness (QED) is 0.678. The number of pyridine rings is 1. The lowest BCUT2D eigenvalue weighted by molar-refractivity contribution is -0.384. The van der Waals surface area contributed by atoms with Gasteiger partial charge in [0.2, 0.25) is 5.88 Å². The van der Waals surface area contributed by atoms with Crippen LogP contribution in [0, 0.1) is 21.7 Å². The summed E-state index contributed by atoms with van der Waals surface area (Å²) >= 11 is 0. The second-order valence-electron chi connectivity index (χ2n) is 4.06. The first kappa shape index (κ1) is 14.6. The van der Waals surface area contributed by atoms with Crippen LogP contribution in [0.3, 0.4) is 0 Å². The zero-order valence-electron chi connectivity index (χ0n) is 11.0. The van der Waals surface area contributed by atoms with E-state index in [1.165, 1.54) is 7.11 Å². The van der Waals surface area contributed by atoms with Gasteiger partial charge in [0.05, 0.1) is 30.3 Å². The van der Waals surface area contributed by atoms with Crippen LogP contribution in [0.15, 0.2) is 30.3 Å². The number of nitrogens with one attached hydrogen (secondary N) is 1. The van der Waals surface area contributed by atoms with Crippen molar-refractivity contribution in [1.82, 2.24) is 4.98 Å². The Kier molecular flexibility index (Phi) is 4.27. The van der Waals surface area contributed by atoms with Crippen molar-refractivity contribution in [2.45, 2.75) is 6.54 Å². The van der Waals surface area contributed by atoms with Gasteiger partial charge < -0.3 is 10.1 Å². The van der Waals surface area contributed by atoms with E-state index in [0.717, 1.165) is 0 Å². The van der Waals surface area contributed by atoms with Gasteiger partial charge >= 0.3 is 0 Å². The van der Waals surface area contributed by atoms with Crippen molar-refractivity contribution < 1.29 is 18.4 Å². The zero-order chi connectivity index (χ0) is 15.4. The summed E-state index contributed by atoms with van der Waals surface area (Å²) in [6.45, 7) is 0.0284. The van der Waals surface area contributed by atoms with Crippen molar-refractivity contribution >= 4 is 11.4 Å². The predicted octanol–water partition coefficient (Wildman–Crippen LogP) is 2.89. The van der Waals surface area contributed by atoms with Gasteiger partial charge in [-0.3, -0.25) is 10.1 Å². The topological polar surface area (TPSA) is 77.3 Å². The Morgan fingerprint density at radius 2 is 2.14 bits per heavy atom. The van der Waals surface area contributed by atoms with Gasteiger partial charge in [0.1, 0.15) is 11.5 Å². The number of benzene rings is 1. The molecule has 6 nitrogen and oxygen atoms in total. The first-order valence-electron chi connectivity index (χ1n) is 5.88. The normalized spacial score (nSPS) is 10.2. The number of anilines is 1. The van der Waals surface area contributed by atoms with E-state index >= 15 is 0 Å². The smallest absolute Gasteiger partial charge is 0.298 e. The van der Waals surface area contributed by atoms with Gasteiger partial charge in [0, 0.05) is 12.1 Å². The molecule has 8 heteroatoms. The molecule has 2 aromatic rings. The molecule has 2 rings (SSSR count). The highest BCUT2D eigenvalue weighted by Crippen LogP contribution is 2.29. The minimum absolute atomic E-state index is 0.0284. The van der Waals surface area contributed by atoms with Gasteiger partial charge in [0.25, 0.3) is 5.69 Å². The van der Waals surface area contributed by atoms with Crippen molar-refractivity contribution in [2.75, 3.05) is 12.4 Å². The van der Waals surface area contributed by atoms with Gasteiger partial charge in [-0.15, -0.1) is 0 Å². The van der Waals surface area contributed by atoms with Gasteiger partial charge in [-0.25, -0.2) is 13.8 Å². The van der Waals surface area contributed by atoms with Crippen molar-refractivity contribution in [2.24, 2.45) is 0 Å². The van der Waals surface area contributed by atoms with E-state index in [0.29, 0.717) is 23.7 Å². The van der Waals surface area contributed by atoms with E-state index in [-0.39, 0.29) is 12.2 Å². The van der Waals surface area contributed by atoms with Gasteiger partial charge in [0.15, 0.2) is 5.82 Å². The molecule has 0 aliphatic heterocycles. The molecular weight excluding hydrogens is 284 g/mol. The molecule has 0 saturated carbocycles. The monoisotopic (exact) mass is 295 g/mol. The Bertz CT molecular complexity index is 680. The molecule has 0 bridgehead atoms. The Morgan fingerprint density at radius 1 is 1.38 bits per heavy atom. The van der Waals surface area contributed by atoms with E-state index in [9.17, 15) is 18.9 Å². The maximum Gasteiger partial charge on any atom is 0.298 e. The average Bonchev–Trinajstić information content (AvgIpc) is 2.45. The third-order valence-corrected chi connectivity index (χ3v) is 2.67. The number of hydrogen-bond acceptors (Lipinski definition) is 5. The number of methoxy groups -OCH3 is 1. The largest absolute Gasteiger partial charge is 0.481 e. The van der Waals surface area contributed by atoms with Crippen molar-refractivity contribution in [3.63, 3.8) is 0 Å². The minimum Gasteiger partial charge on any atom is -0.481 e. The minimum atomic E-state index is -1.04. The second kappa shape index (κ2) is 6.12. The highest BCUT2D eigenvalue weighted by molar-refractivity contribution is 5.62. The molecule has 0 unspecified atom stereocenters. The van der Waals surface area contributed by atoms with Crippen LogP contribution in [0.5, 0.6) is 5.88 Å². The predicted molar refractivity (Wildman–Crippen MR) is 71.1 cm³/mol. The fraction of sp³-hybridized carbons (Fsp3) is 0.154. The number of nitro groups is 1. The summed E-state index contributed by atoms with van der Waals surface area (Å²) in [7, 11) is 1.45. The molecule has 1 N–H and O–H groups in total. The Balaban J connectivity index is 2.25. The number of rotatable bonds is 5. The summed E-state index contributed by atoms with van der Waals surface area (Å²) in [4.78, 5) is 14.1. The molecule has 0 aliphatic rings. The lowest BCUT2D eigenvalue weighted by Gasteiger charge is -2.08. The van der Waals surface area contributed by atoms with Crippen LogP contribution in [0.25, 0.3) is 0 Å². The van der Waals surface area contributed by atoms with Crippen LogP contribution in [0.2, 0.25) is 0 Å². The molecule has 1 aromatic carbocycles. The molecule has 0 amide bonds. The van der Waals surface area contributed by atoms with Crippen LogP contribution in [-0.4, -0.2) is 17.0 Å². The van der Waals surface area contributed by atoms with E-state index < -0.39 is 22.2 Å². The number of hydrogen-bond donors (Lipinski definition) is 1. The van der Waals surface area contributed by atoms with Gasteiger partial charge in [-0.2, -0.15) is 0 Å². The molecule has 110 valence electrons. The van der Waals surface area contributed by atoms with Crippen molar-refractivity contribution in [1.29, 1.82) is 0 Å². The molecule has 21 heavy (non-hydrogen) atoms. The van der Waals surface area contributed by atoms with Crippen LogP contribution >= 0.6 is 0 Å². The summed E-state index contributed by atoms with van der Waals surface area (Å²) in [6, 6.07) is 6.18. The van der Waals surface area contributed by atoms with Crippen LogP contribution in [0.1, 0.15) is 5.69 Å². The highest BCUT2D eigenvalue weighted by Gasteiger charge is 2.20. The van der Waals surface area contributed by atoms with Crippen LogP contribution < -0.4 is 10.1 Å². The number of halogens is 2. The maximum absolute atomic E-state index is 13.7. The number of nitro benzene ring substituents is 1. The van der Waals surface area contributed by atoms with Gasteiger partial charge in [-0.05, 0) is 6.07 Å². The molecule has 0 spiro atoms. The highest BCUT2D eigenvalue weighted by atomic mass is 19.1. The molecule has 0 radical (unpaired) electrons. The SMILES string of the molecule is COc1cccc(CNc2c(F)cc(F)cc2[N+](=O)[O-])n1. The fourth-order valence-electron chi connectivity index (χ4n) is 1.73. The van der Waals surface area contributed by atoms with E-state index in [1.54, 1.807) is 18.2 Å². The zero-order valence-corrected chi connectivity index (χ0v) is 11.0. The molecule has 0 saturated heterocycles. The number of nitrogens with zero attached hydrogens (tertiary/aromatic N) is 2. The average molecular weight is 295 g/mol. The summed E-state index contributed by atoms with van der Waals surface area (Å²) in [5.41, 5.74) is -0.561. The first-order valence-corrected chi connectivity index (χ1v) is 5.88.